The van der Waals surface area contributed by atoms with Crippen molar-refractivity contribution in [2.75, 3.05) is 13.6 Å². The minimum atomic E-state index is -0.851. The second kappa shape index (κ2) is 6.60. The SMILES string of the molecule is CC(C)C1CCCCC1NC(=O)N(C)CC(C)(C)O. The zero-order valence-electron chi connectivity index (χ0n) is 13.1. The predicted octanol–water partition coefficient (Wildman–Crippen LogP) is 2.61. The van der Waals surface area contributed by atoms with Crippen LogP contribution >= 0.6 is 0 Å². The monoisotopic (exact) mass is 270 g/mol. The summed E-state index contributed by atoms with van der Waals surface area (Å²) in [5.74, 6) is 1.18. The molecule has 1 aliphatic carbocycles. The van der Waals surface area contributed by atoms with Gasteiger partial charge in [0.05, 0.1) is 12.1 Å². The summed E-state index contributed by atoms with van der Waals surface area (Å²) in [6.45, 7) is 8.24. The van der Waals surface area contributed by atoms with Crippen molar-refractivity contribution in [1.82, 2.24) is 10.2 Å². The van der Waals surface area contributed by atoms with Crippen LogP contribution in [-0.2, 0) is 0 Å². The van der Waals surface area contributed by atoms with Crippen LogP contribution in [0.5, 0.6) is 0 Å². The highest BCUT2D eigenvalue weighted by Gasteiger charge is 2.30. The fourth-order valence-corrected chi connectivity index (χ4v) is 3.06. The fourth-order valence-electron chi connectivity index (χ4n) is 3.06. The van der Waals surface area contributed by atoms with Crippen LogP contribution in [0.4, 0.5) is 4.79 Å². The maximum absolute atomic E-state index is 12.2. The van der Waals surface area contributed by atoms with E-state index in [0.29, 0.717) is 18.4 Å². The van der Waals surface area contributed by atoms with Crippen LogP contribution in [0.25, 0.3) is 0 Å². The summed E-state index contributed by atoms with van der Waals surface area (Å²) < 4.78 is 0. The maximum atomic E-state index is 12.2. The van der Waals surface area contributed by atoms with E-state index in [2.05, 4.69) is 19.2 Å². The van der Waals surface area contributed by atoms with Gasteiger partial charge in [0.15, 0.2) is 0 Å². The van der Waals surface area contributed by atoms with E-state index in [9.17, 15) is 9.90 Å². The van der Waals surface area contributed by atoms with Gasteiger partial charge in [0.2, 0.25) is 0 Å². The molecule has 2 atom stereocenters. The molecule has 4 heteroatoms. The van der Waals surface area contributed by atoms with Gasteiger partial charge in [0.1, 0.15) is 0 Å². The van der Waals surface area contributed by atoms with Gasteiger partial charge in [-0.15, -0.1) is 0 Å². The molecule has 0 bridgehead atoms. The minimum absolute atomic E-state index is 0.0697. The molecule has 2 N–H and O–H groups in total. The second-order valence-corrected chi connectivity index (χ2v) is 6.92. The minimum Gasteiger partial charge on any atom is -0.389 e. The van der Waals surface area contributed by atoms with Crippen molar-refractivity contribution in [3.8, 4) is 0 Å². The summed E-state index contributed by atoms with van der Waals surface area (Å²) in [6.07, 6.45) is 4.75. The number of nitrogens with zero attached hydrogens (tertiary/aromatic N) is 1. The number of urea groups is 1. The number of carbonyl (C=O) groups excluding carboxylic acids is 1. The third kappa shape index (κ3) is 5.39. The number of hydrogen-bond acceptors (Lipinski definition) is 2. The summed E-state index contributed by atoms with van der Waals surface area (Å²) in [4.78, 5) is 13.7. The number of carbonyl (C=O) groups is 1. The molecule has 2 unspecified atom stereocenters. The van der Waals surface area contributed by atoms with E-state index in [0.717, 1.165) is 6.42 Å². The Labute approximate surface area is 117 Å². The molecule has 0 radical (unpaired) electrons. The third-order valence-corrected chi connectivity index (χ3v) is 3.96. The van der Waals surface area contributed by atoms with Gasteiger partial charge in [-0.2, -0.15) is 0 Å². The Morgan fingerprint density at radius 2 is 1.95 bits per heavy atom. The molecule has 0 spiro atoms. The van der Waals surface area contributed by atoms with Gasteiger partial charge in [0.25, 0.3) is 0 Å². The highest BCUT2D eigenvalue weighted by molar-refractivity contribution is 5.74. The molecule has 1 aliphatic rings. The van der Waals surface area contributed by atoms with E-state index in [-0.39, 0.29) is 12.1 Å². The third-order valence-electron chi connectivity index (χ3n) is 3.96. The molecule has 0 aromatic carbocycles. The standard InChI is InChI=1S/C15H30N2O2/c1-11(2)12-8-6-7-9-13(12)16-14(18)17(5)10-15(3,4)19/h11-13,19H,6-10H2,1-5H3,(H,16,18). The number of aliphatic hydroxyl groups is 1. The van der Waals surface area contributed by atoms with Gasteiger partial charge in [-0.1, -0.05) is 26.7 Å². The van der Waals surface area contributed by atoms with E-state index in [4.69, 9.17) is 0 Å². The van der Waals surface area contributed by atoms with Crippen molar-refractivity contribution in [3.05, 3.63) is 0 Å². The Balaban J connectivity index is 2.54. The molecule has 112 valence electrons. The first-order chi connectivity index (χ1) is 8.70. The first-order valence-corrected chi connectivity index (χ1v) is 7.44. The summed E-state index contributed by atoms with van der Waals surface area (Å²) in [7, 11) is 1.74. The molecule has 4 nitrogen and oxygen atoms in total. The van der Waals surface area contributed by atoms with Crippen molar-refractivity contribution in [2.24, 2.45) is 11.8 Å². The molecule has 19 heavy (non-hydrogen) atoms. The van der Waals surface area contributed by atoms with Gasteiger partial charge in [0, 0.05) is 13.1 Å². The molecule has 1 fully saturated rings. The molecule has 2 amide bonds. The smallest absolute Gasteiger partial charge is 0.317 e. The van der Waals surface area contributed by atoms with Crippen molar-refractivity contribution < 1.29 is 9.90 Å². The lowest BCUT2D eigenvalue weighted by molar-refractivity contribution is 0.0517. The molecule has 1 rings (SSSR count). The fraction of sp³-hybridized carbons (Fsp3) is 0.933. The molecule has 0 aromatic rings. The van der Waals surface area contributed by atoms with Crippen molar-refractivity contribution in [3.63, 3.8) is 0 Å². The first-order valence-electron chi connectivity index (χ1n) is 7.44. The Bertz CT molecular complexity index is 297. The average Bonchev–Trinajstić information content (AvgIpc) is 2.27. The second-order valence-electron chi connectivity index (χ2n) is 6.92. The normalized spacial score (nSPS) is 24.4. The van der Waals surface area contributed by atoms with E-state index in [1.165, 1.54) is 19.3 Å². The van der Waals surface area contributed by atoms with Gasteiger partial charge in [-0.3, -0.25) is 0 Å². The lowest BCUT2D eigenvalue weighted by atomic mass is 9.78. The zero-order chi connectivity index (χ0) is 14.6. The summed E-state index contributed by atoms with van der Waals surface area (Å²) in [6, 6.07) is 0.213. The maximum Gasteiger partial charge on any atom is 0.317 e. The van der Waals surface area contributed by atoms with Crippen molar-refractivity contribution in [1.29, 1.82) is 0 Å². The lowest BCUT2D eigenvalue weighted by Gasteiger charge is -2.36. The Kier molecular flexibility index (Phi) is 5.65. The highest BCUT2D eigenvalue weighted by Crippen LogP contribution is 2.30. The van der Waals surface area contributed by atoms with Crippen LogP contribution in [-0.4, -0.2) is 41.3 Å². The number of hydrogen-bond donors (Lipinski definition) is 2. The van der Waals surface area contributed by atoms with Crippen LogP contribution in [0.2, 0.25) is 0 Å². The van der Waals surface area contributed by atoms with Gasteiger partial charge >= 0.3 is 6.03 Å². The Morgan fingerprint density at radius 3 is 2.47 bits per heavy atom. The molecule has 0 saturated heterocycles. The van der Waals surface area contributed by atoms with Gasteiger partial charge in [-0.05, 0) is 38.5 Å². The van der Waals surface area contributed by atoms with Crippen LogP contribution in [0.1, 0.15) is 53.4 Å². The first kappa shape index (κ1) is 16.3. The Morgan fingerprint density at radius 1 is 1.37 bits per heavy atom. The van der Waals surface area contributed by atoms with Crippen molar-refractivity contribution in [2.45, 2.75) is 65.0 Å². The largest absolute Gasteiger partial charge is 0.389 e. The lowest BCUT2D eigenvalue weighted by Crippen LogP contribution is -2.51. The number of nitrogens with one attached hydrogen (secondary N) is 1. The number of amides is 2. The topological polar surface area (TPSA) is 52.6 Å². The number of rotatable bonds is 4. The predicted molar refractivity (Wildman–Crippen MR) is 78.0 cm³/mol. The molecular weight excluding hydrogens is 240 g/mol. The van der Waals surface area contributed by atoms with Crippen LogP contribution in [0.15, 0.2) is 0 Å². The van der Waals surface area contributed by atoms with E-state index in [1.807, 2.05) is 0 Å². The van der Waals surface area contributed by atoms with E-state index >= 15 is 0 Å². The van der Waals surface area contributed by atoms with E-state index < -0.39 is 5.60 Å². The molecule has 0 aliphatic heterocycles. The number of likely N-dealkylation sites (N-methyl/N-ethyl adjacent to an activating group) is 1. The molecule has 0 aromatic heterocycles. The van der Waals surface area contributed by atoms with Crippen LogP contribution in [0.3, 0.4) is 0 Å². The van der Waals surface area contributed by atoms with Gasteiger partial charge in [-0.25, -0.2) is 4.79 Å². The van der Waals surface area contributed by atoms with Crippen molar-refractivity contribution >= 4 is 6.03 Å². The van der Waals surface area contributed by atoms with E-state index in [1.54, 1.807) is 25.8 Å². The summed E-state index contributed by atoms with van der Waals surface area (Å²) in [5.41, 5.74) is -0.851. The summed E-state index contributed by atoms with van der Waals surface area (Å²) >= 11 is 0. The highest BCUT2D eigenvalue weighted by atomic mass is 16.3. The average molecular weight is 270 g/mol. The quantitative estimate of drug-likeness (QED) is 0.825. The zero-order valence-corrected chi connectivity index (χ0v) is 13.1. The molecular formula is C15H30N2O2. The molecule has 0 heterocycles. The van der Waals surface area contributed by atoms with Crippen LogP contribution in [0, 0.1) is 11.8 Å². The molecule has 1 saturated carbocycles. The summed E-state index contributed by atoms with van der Waals surface area (Å²) in [5, 5.41) is 12.9. The Hall–Kier alpha value is -0.770. The van der Waals surface area contributed by atoms with Crippen LogP contribution < -0.4 is 5.32 Å². The van der Waals surface area contributed by atoms with Gasteiger partial charge < -0.3 is 15.3 Å².